The first-order valence-corrected chi connectivity index (χ1v) is 8.97. The number of hydrogen-bond donors (Lipinski definition) is 0. The van der Waals surface area contributed by atoms with E-state index in [0.29, 0.717) is 18.1 Å². The van der Waals surface area contributed by atoms with Crippen molar-refractivity contribution in [2.45, 2.75) is 45.3 Å². The highest BCUT2D eigenvalue weighted by molar-refractivity contribution is 5.73. The Morgan fingerprint density at radius 2 is 1.91 bits per heavy atom. The van der Waals surface area contributed by atoms with Crippen LogP contribution in [0.3, 0.4) is 0 Å². The van der Waals surface area contributed by atoms with E-state index in [1.54, 1.807) is 6.92 Å². The standard InChI is InChI=1S/C17H31N3O2/c1-14-11-18(12-16-5-3-4-10-22-16)13-17(14)20-8-6-19(7-9-20)15(2)21/h14,16-17H,3-13H2,1-2H3/t14-,16+,17+/m0/s1. The van der Waals surface area contributed by atoms with Crippen molar-refractivity contribution in [3.05, 3.63) is 0 Å². The molecule has 1 amide bonds. The molecule has 5 heteroatoms. The number of nitrogens with zero attached hydrogens (tertiary/aromatic N) is 3. The van der Waals surface area contributed by atoms with Crippen molar-refractivity contribution in [2.24, 2.45) is 5.92 Å². The van der Waals surface area contributed by atoms with Crippen molar-refractivity contribution >= 4 is 5.91 Å². The molecule has 22 heavy (non-hydrogen) atoms. The molecule has 0 spiro atoms. The fraction of sp³-hybridized carbons (Fsp3) is 0.941. The van der Waals surface area contributed by atoms with E-state index >= 15 is 0 Å². The van der Waals surface area contributed by atoms with Crippen LogP contribution in [-0.4, -0.2) is 85.2 Å². The van der Waals surface area contributed by atoms with Gasteiger partial charge in [0.2, 0.25) is 5.91 Å². The zero-order chi connectivity index (χ0) is 15.5. The monoisotopic (exact) mass is 309 g/mol. The minimum Gasteiger partial charge on any atom is -0.377 e. The molecule has 5 nitrogen and oxygen atoms in total. The van der Waals surface area contributed by atoms with Crippen molar-refractivity contribution in [2.75, 3.05) is 52.4 Å². The van der Waals surface area contributed by atoms with E-state index in [2.05, 4.69) is 16.7 Å². The third kappa shape index (κ3) is 3.81. The van der Waals surface area contributed by atoms with E-state index in [1.165, 1.54) is 32.4 Å². The van der Waals surface area contributed by atoms with Gasteiger partial charge in [0.05, 0.1) is 6.10 Å². The predicted octanol–water partition coefficient (Wildman–Crippen LogP) is 1.04. The first-order chi connectivity index (χ1) is 10.6. The molecule has 3 fully saturated rings. The normalized spacial score (nSPS) is 35.0. The highest BCUT2D eigenvalue weighted by Crippen LogP contribution is 2.24. The third-order valence-electron chi connectivity index (χ3n) is 5.61. The number of rotatable bonds is 3. The van der Waals surface area contributed by atoms with Gasteiger partial charge in [0.1, 0.15) is 0 Å². The summed E-state index contributed by atoms with van der Waals surface area (Å²) < 4.78 is 5.90. The van der Waals surface area contributed by atoms with Crippen LogP contribution in [-0.2, 0) is 9.53 Å². The third-order valence-corrected chi connectivity index (χ3v) is 5.61. The van der Waals surface area contributed by atoms with Crippen molar-refractivity contribution in [3.63, 3.8) is 0 Å². The van der Waals surface area contributed by atoms with Crippen molar-refractivity contribution in [1.82, 2.24) is 14.7 Å². The molecule has 3 atom stereocenters. The number of amides is 1. The van der Waals surface area contributed by atoms with Gasteiger partial charge in [-0.05, 0) is 25.2 Å². The van der Waals surface area contributed by atoms with Crippen molar-refractivity contribution in [1.29, 1.82) is 0 Å². The molecule has 0 saturated carbocycles. The molecule has 3 heterocycles. The van der Waals surface area contributed by atoms with E-state index in [-0.39, 0.29) is 5.91 Å². The van der Waals surface area contributed by atoms with E-state index in [0.717, 1.165) is 39.3 Å². The summed E-state index contributed by atoms with van der Waals surface area (Å²) in [5.41, 5.74) is 0. The number of hydrogen-bond acceptors (Lipinski definition) is 4. The van der Waals surface area contributed by atoms with Crippen LogP contribution < -0.4 is 0 Å². The fourth-order valence-electron chi connectivity index (χ4n) is 4.28. The Hall–Kier alpha value is -0.650. The van der Waals surface area contributed by atoms with Crippen LogP contribution in [0.1, 0.15) is 33.1 Å². The number of piperazine rings is 1. The summed E-state index contributed by atoms with van der Waals surface area (Å²) in [5.74, 6) is 0.933. The molecular formula is C17H31N3O2. The van der Waals surface area contributed by atoms with Crippen LogP contribution in [0.5, 0.6) is 0 Å². The lowest BCUT2D eigenvalue weighted by molar-refractivity contribution is -0.130. The smallest absolute Gasteiger partial charge is 0.219 e. The second-order valence-corrected chi connectivity index (χ2v) is 7.29. The number of carbonyl (C=O) groups is 1. The SMILES string of the molecule is CC(=O)N1CCN([C@@H]2CN(C[C@H]3CCCCO3)C[C@@H]2C)CC1. The van der Waals surface area contributed by atoms with Crippen LogP contribution >= 0.6 is 0 Å². The van der Waals surface area contributed by atoms with E-state index in [4.69, 9.17) is 4.74 Å². The molecule has 0 aromatic heterocycles. The maximum absolute atomic E-state index is 11.4. The summed E-state index contributed by atoms with van der Waals surface area (Å²) in [5, 5.41) is 0. The molecular weight excluding hydrogens is 278 g/mol. The second kappa shape index (κ2) is 7.28. The van der Waals surface area contributed by atoms with Gasteiger partial charge in [0, 0.05) is 65.4 Å². The largest absolute Gasteiger partial charge is 0.377 e. The van der Waals surface area contributed by atoms with Crippen LogP contribution in [0.2, 0.25) is 0 Å². The molecule has 3 aliphatic heterocycles. The molecule has 3 aliphatic rings. The average Bonchev–Trinajstić information content (AvgIpc) is 2.89. The molecule has 3 saturated heterocycles. The van der Waals surface area contributed by atoms with Gasteiger partial charge in [-0.25, -0.2) is 0 Å². The first kappa shape index (κ1) is 16.2. The quantitative estimate of drug-likeness (QED) is 0.780. The van der Waals surface area contributed by atoms with Gasteiger partial charge >= 0.3 is 0 Å². The Balaban J connectivity index is 1.47. The van der Waals surface area contributed by atoms with Gasteiger partial charge in [-0.2, -0.15) is 0 Å². The maximum atomic E-state index is 11.4. The van der Waals surface area contributed by atoms with Crippen molar-refractivity contribution in [3.8, 4) is 0 Å². The molecule has 0 N–H and O–H groups in total. The fourth-order valence-corrected chi connectivity index (χ4v) is 4.28. The number of carbonyl (C=O) groups excluding carboxylic acids is 1. The maximum Gasteiger partial charge on any atom is 0.219 e. The Labute approximate surface area is 134 Å². The summed E-state index contributed by atoms with van der Waals surface area (Å²) in [6, 6.07) is 0.651. The minimum atomic E-state index is 0.218. The topological polar surface area (TPSA) is 36.0 Å². The zero-order valence-corrected chi connectivity index (χ0v) is 14.2. The van der Waals surface area contributed by atoms with Gasteiger partial charge < -0.3 is 9.64 Å². The van der Waals surface area contributed by atoms with Crippen LogP contribution in [0.25, 0.3) is 0 Å². The predicted molar refractivity (Wildman–Crippen MR) is 86.8 cm³/mol. The van der Waals surface area contributed by atoms with Gasteiger partial charge in [0.25, 0.3) is 0 Å². The Morgan fingerprint density at radius 3 is 2.55 bits per heavy atom. The van der Waals surface area contributed by atoms with E-state index in [1.807, 2.05) is 4.90 Å². The molecule has 0 unspecified atom stereocenters. The lowest BCUT2D eigenvalue weighted by atomic mass is 10.0. The minimum absolute atomic E-state index is 0.218. The summed E-state index contributed by atoms with van der Waals surface area (Å²) in [6.45, 7) is 12.3. The van der Waals surface area contributed by atoms with Gasteiger partial charge in [-0.1, -0.05) is 6.92 Å². The van der Waals surface area contributed by atoms with E-state index < -0.39 is 0 Å². The molecule has 0 aliphatic carbocycles. The summed E-state index contributed by atoms with van der Waals surface area (Å²) >= 11 is 0. The Morgan fingerprint density at radius 1 is 1.14 bits per heavy atom. The average molecular weight is 309 g/mol. The lowest BCUT2D eigenvalue weighted by Crippen LogP contribution is -2.53. The highest BCUT2D eigenvalue weighted by atomic mass is 16.5. The number of likely N-dealkylation sites (tertiary alicyclic amines) is 1. The number of ether oxygens (including phenoxy) is 1. The van der Waals surface area contributed by atoms with Crippen molar-refractivity contribution < 1.29 is 9.53 Å². The van der Waals surface area contributed by atoms with Crippen LogP contribution in [0.15, 0.2) is 0 Å². The van der Waals surface area contributed by atoms with Gasteiger partial charge in [-0.3, -0.25) is 14.6 Å². The molecule has 0 aromatic rings. The lowest BCUT2D eigenvalue weighted by Gasteiger charge is -2.39. The van der Waals surface area contributed by atoms with Gasteiger partial charge in [0.15, 0.2) is 0 Å². The van der Waals surface area contributed by atoms with E-state index in [9.17, 15) is 4.79 Å². The zero-order valence-electron chi connectivity index (χ0n) is 14.2. The Kier molecular flexibility index (Phi) is 5.37. The molecule has 3 rings (SSSR count). The molecule has 0 radical (unpaired) electrons. The summed E-state index contributed by atoms with van der Waals surface area (Å²) in [6.07, 6.45) is 4.24. The van der Waals surface area contributed by atoms with Crippen LogP contribution in [0, 0.1) is 5.92 Å². The summed E-state index contributed by atoms with van der Waals surface area (Å²) in [4.78, 5) is 18.6. The summed E-state index contributed by atoms with van der Waals surface area (Å²) in [7, 11) is 0. The molecule has 126 valence electrons. The van der Waals surface area contributed by atoms with Crippen LogP contribution in [0.4, 0.5) is 0 Å². The molecule has 0 bridgehead atoms. The second-order valence-electron chi connectivity index (χ2n) is 7.29. The first-order valence-electron chi connectivity index (χ1n) is 8.97. The Bertz CT molecular complexity index is 376. The van der Waals surface area contributed by atoms with Gasteiger partial charge in [-0.15, -0.1) is 0 Å². The molecule has 0 aromatic carbocycles. The highest BCUT2D eigenvalue weighted by Gasteiger charge is 2.36.